The molecule has 4 nitrogen and oxygen atoms in total. The topological polar surface area (TPSA) is 49.2 Å². The van der Waals surface area contributed by atoms with Crippen LogP contribution in [0.3, 0.4) is 0 Å². The van der Waals surface area contributed by atoms with E-state index in [1.807, 2.05) is 49.4 Å². The molecule has 4 heteroatoms. The number of benzene rings is 1. The van der Waals surface area contributed by atoms with Gasteiger partial charge in [0.25, 0.3) is 5.91 Å². The third kappa shape index (κ3) is 2.32. The van der Waals surface area contributed by atoms with Gasteiger partial charge < -0.3 is 14.3 Å². The lowest BCUT2D eigenvalue weighted by atomic mass is 10.2. The van der Waals surface area contributed by atoms with Gasteiger partial charge in [-0.25, -0.2) is 0 Å². The van der Waals surface area contributed by atoms with Crippen LogP contribution in [0.5, 0.6) is 0 Å². The SMILES string of the molecule is CCN(Cc1ccco1)C(=O)c1cc2ccccc2[nH]1. The summed E-state index contributed by atoms with van der Waals surface area (Å²) in [7, 11) is 0. The molecule has 0 aliphatic heterocycles. The van der Waals surface area contributed by atoms with Gasteiger partial charge in [0.1, 0.15) is 11.5 Å². The number of aromatic nitrogens is 1. The molecule has 3 aromatic rings. The minimum atomic E-state index is -0.0138. The molecule has 3 rings (SSSR count). The Bertz CT molecular complexity index is 680. The molecule has 0 radical (unpaired) electrons. The lowest BCUT2D eigenvalue weighted by molar-refractivity contribution is 0.0736. The number of carbonyl (C=O) groups is 1. The smallest absolute Gasteiger partial charge is 0.270 e. The number of hydrogen-bond acceptors (Lipinski definition) is 2. The van der Waals surface area contributed by atoms with Crippen molar-refractivity contribution in [3.8, 4) is 0 Å². The molecule has 0 aliphatic carbocycles. The normalized spacial score (nSPS) is 10.8. The molecular weight excluding hydrogens is 252 g/mol. The molecule has 0 saturated heterocycles. The van der Waals surface area contributed by atoms with Crippen LogP contribution in [0.4, 0.5) is 0 Å². The molecule has 0 spiro atoms. The van der Waals surface area contributed by atoms with Gasteiger partial charge in [0.05, 0.1) is 12.8 Å². The Labute approximate surface area is 117 Å². The number of hydrogen-bond donors (Lipinski definition) is 1. The van der Waals surface area contributed by atoms with Gasteiger partial charge in [0.2, 0.25) is 0 Å². The first-order chi connectivity index (χ1) is 9.78. The van der Waals surface area contributed by atoms with Gasteiger partial charge in [-0.2, -0.15) is 0 Å². The van der Waals surface area contributed by atoms with Crippen LogP contribution in [-0.4, -0.2) is 22.3 Å². The van der Waals surface area contributed by atoms with E-state index in [1.165, 1.54) is 0 Å². The highest BCUT2D eigenvalue weighted by Gasteiger charge is 2.17. The van der Waals surface area contributed by atoms with Crippen LogP contribution in [0, 0.1) is 0 Å². The highest BCUT2D eigenvalue weighted by Crippen LogP contribution is 2.17. The second kappa shape index (κ2) is 5.25. The van der Waals surface area contributed by atoms with Crippen LogP contribution in [0.25, 0.3) is 10.9 Å². The Morgan fingerprint density at radius 3 is 2.80 bits per heavy atom. The molecule has 102 valence electrons. The Hall–Kier alpha value is -2.49. The van der Waals surface area contributed by atoms with E-state index >= 15 is 0 Å². The average Bonchev–Trinajstić information content (AvgIpc) is 3.12. The van der Waals surface area contributed by atoms with Gasteiger partial charge in [-0.05, 0) is 31.2 Å². The summed E-state index contributed by atoms with van der Waals surface area (Å²) in [4.78, 5) is 17.4. The van der Waals surface area contributed by atoms with Crippen LogP contribution < -0.4 is 0 Å². The molecular formula is C16H16N2O2. The summed E-state index contributed by atoms with van der Waals surface area (Å²) < 4.78 is 5.31. The van der Waals surface area contributed by atoms with Gasteiger partial charge in [-0.1, -0.05) is 18.2 Å². The molecule has 2 heterocycles. The largest absolute Gasteiger partial charge is 0.467 e. The van der Waals surface area contributed by atoms with E-state index in [4.69, 9.17) is 4.42 Å². The molecule has 1 amide bonds. The number of furan rings is 1. The average molecular weight is 268 g/mol. The first kappa shape index (κ1) is 12.5. The van der Waals surface area contributed by atoms with Crippen molar-refractivity contribution in [3.63, 3.8) is 0 Å². The van der Waals surface area contributed by atoms with E-state index in [-0.39, 0.29) is 5.91 Å². The lowest BCUT2D eigenvalue weighted by Gasteiger charge is -2.18. The summed E-state index contributed by atoms with van der Waals surface area (Å²) in [6, 6.07) is 13.5. The van der Waals surface area contributed by atoms with Crippen LogP contribution >= 0.6 is 0 Å². The van der Waals surface area contributed by atoms with Crippen LogP contribution in [0.2, 0.25) is 0 Å². The van der Waals surface area contributed by atoms with Gasteiger partial charge in [0, 0.05) is 17.4 Å². The van der Waals surface area contributed by atoms with E-state index < -0.39 is 0 Å². The molecule has 1 aromatic carbocycles. The van der Waals surface area contributed by atoms with Crippen molar-refractivity contribution >= 4 is 16.8 Å². The van der Waals surface area contributed by atoms with E-state index in [0.29, 0.717) is 18.8 Å². The summed E-state index contributed by atoms with van der Waals surface area (Å²) in [5.74, 6) is 0.774. The summed E-state index contributed by atoms with van der Waals surface area (Å²) in [5, 5.41) is 1.05. The van der Waals surface area contributed by atoms with Crippen molar-refractivity contribution in [1.29, 1.82) is 0 Å². The number of amides is 1. The van der Waals surface area contributed by atoms with E-state index in [2.05, 4.69) is 4.98 Å². The lowest BCUT2D eigenvalue weighted by Crippen LogP contribution is -2.30. The van der Waals surface area contributed by atoms with E-state index in [1.54, 1.807) is 11.2 Å². The highest BCUT2D eigenvalue weighted by molar-refractivity contribution is 5.97. The minimum Gasteiger partial charge on any atom is -0.467 e. The highest BCUT2D eigenvalue weighted by atomic mass is 16.3. The zero-order valence-corrected chi connectivity index (χ0v) is 11.3. The number of nitrogens with zero attached hydrogens (tertiary/aromatic N) is 1. The molecule has 0 bridgehead atoms. The maximum atomic E-state index is 12.5. The predicted molar refractivity (Wildman–Crippen MR) is 77.4 cm³/mol. The second-order valence-electron chi connectivity index (χ2n) is 4.67. The van der Waals surface area contributed by atoms with Crippen molar-refractivity contribution < 1.29 is 9.21 Å². The van der Waals surface area contributed by atoms with Crippen molar-refractivity contribution in [2.45, 2.75) is 13.5 Å². The van der Waals surface area contributed by atoms with Crippen LogP contribution in [-0.2, 0) is 6.54 Å². The van der Waals surface area contributed by atoms with E-state index in [9.17, 15) is 4.79 Å². The summed E-state index contributed by atoms with van der Waals surface area (Å²) in [6.07, 6.45) is 1.62. The number of fused-ring (bicyclic) bond motifs is 1. The molecule has 1 N–H and O–H groups in total. The molecule has 0 aliphatic rings. The molecule has 20 heavy (non-hydrogen) atoms. The first-order valence-corrected chi connectivity index (χ1v) is 6.67. The van der Waals surface area contributed by atoms with Crippen molar-refractivity contribution in [2.75, 3.05) is 6.54 Å². The third-order valence-electron chi connectivity index (χ3n) is 3.36. The fourth-order valence-corrected chi connectivity index (χ4v) is 2.28. The number of carbonyl (C=O) groups excluding carboxylic acids is 1. The second-order valence-corrected chi connectivity index (χ2v) is 4.67. The van der Waals surface area contributed by atoms with Crippen molar-refractivity contribution in [1.82, 2.24) is 9.88 Å². The predicted octanol–water partition coefficient (Wildman–Crippen LogP) is 3.42. The standard InChI is InChI=1S/C16H16N2O2/c1-2-18(11-13-7-5-9-20-13)16(19)15-10-12-6-3-4-8-14(12)17-15/h3-10,17H,2,11H2,1H3. The van der Waals surface area contributed by atoms with Crippen molar-refractivity contribution in [2.24, 2.45) is 0 Å². The summed E-state index contributed by atoms with van der Waals surface area (Å²) in [5.41, 5.74) is 1.59. The maximum absolute atomic E-state index is 12.5. The van der Waals surface area contributed by atoms with Crippen LogP contribution in [0.15, 0.2) is 53.1 Å². The Morgan fingerprint density at radius 2 is 2.10 bits per heavy atom. The molecule has 0 atom stereocenters. The fourth-order valence-electron chi connectivity index (χ4n) is 2.28. The zero-order valence-electron chi connectivity index (χ0n) is 11.3. The fraction of sp³-hybridized carbons (Fsp3) is 0.188. The molecule has 0 fully saturated rings. The monoisotopic (exact) mass is 268 g/mol. The third-order valence-corrected chi connectivity index (χ3v) is 3.36. The van der Waals surface area contributed by atoms with Gasteiger partial charge in [-0.3, -0.25) is 4.79 Å². The first-order valence-electron chi connectivity index (χ1n) is 6.67. The number of nitrogens with one attached hydrogen (secondary N) is 1. The zero-order chi connectivity index (χ0) is 13.9. The Morgan fingerprint density at radius 1 is 1.25 bits per heavy atom. The Kier molecular flexibility index (Phi) is 3.29. The van der Waals surface area contributed by atoms with Gasteiger partial charge in [-0.15, -0.1) is 0 Å². The van der Waals surface area contributed by atoms with Crippen LogP contribution in [0.1, 0.15) is 23.2 Å². The maximum Gasteiger partial charge on any atom is 0.270 e. The molecule has 0 saturated carbocycles. The van der Waals surface area contributed by atoms with Crippen molar-refractivity contribution in [3.05, 3.63) is 60.2 Å². The Balaban J connectivity index is 1.85. The van der Waals surface area contributed by atoms with Gasteiger partial charge in [0.15, 0.2) is 0 Å². The van der Waals surface area contributed by atoms with E-state index in [0.717, 1.165) is 16.7 Å². The minimum absolute atomic E-state index is 0.0138. The number of aromatic amines is 1. The molecule has 0 unspecified atom stereocenters. The number of rotatable bonds is 4. The summed E-state index contributed by atoms with van der Waals surface area (Å²) in [6.45, 7) is 3.08. The summed E-state index contributed by atoms with van der Waals surface area (Å²) >= 11 is 0. The quantitative estimate of drug-likeness (QED) is 0.788. The molecule has 2 aromatic heterocycles. The number of para-hydroxylation sites is 1. The number of H-pyrrole nitrogens is 1. The van der Waals surface area contributed by atoms with Gasteiger partial charge >= 0.3 is 0 Å².